The fourth-order valence-corrected chi connectivity index (χ4v) is 4.05. The van der Waals surface area contributed by atoms with Crippen LogP contribution in [0.25, 0.3) is 10.9 Å². The first-order valence-corrected chi connectivity index (χ1v) is 9.36. The summed E-state index contributed by atoms with van der Waals surface area (Å²) < 4.78 is 80.6. The summed E-state index contributed by atoms with van der Waals surface area (Å²) in [6.07, 6.45) is -9.72. The highest BCUT2D eigenvalue weighted by atomic mass is 19.4. The van der Waals surface area contributed by atoms with Gasteiger partial charge in [0.2, 0.25) is 5.91 Å². The molecule has 1 aliphatic heterocycles. The second kappa shape index (κ2) is 7.30. The number of nitrogens with one attached hydrogen (secondary N) is 3. The second-order valence-electron chi connectivity index (χ2n) is 7.33. The number of carbonyl (C=O) groups excluding carboxylic acids is 1. The van der Waals surface area contributed by atoms with Crippen molar-refractivity contribution in [2.75, 3.05) is 7.05 Å². The topological polar surface area (TPSA) is 56.9 Å². The van der Waals surface area contributed by atoms with Crippen molar-refractivity contribution in [2.45, 2.75) is 30.9 Å². The molecule has 0 bridgehead atoms. The van der Waals surface area contributed by atoms with Crippen molar-refractivity contribution in [3.63, 3.8) is 0 Å². The molecule has 1 aromatic heterocycles. The predicted molar refractivity (Wildman–Crippen MR) is 101 cm³/mol. The Morgan fingerprint density at radius 1 is 1.03 bits per heavy atom. The summed E-state index contributed by atoms with van der Waals surface area (Å²) in [5.41, 5.74) is -1.46. The van der Waals surface area contributed by atoms with E-state index < -0.39 is 41.5 Å². The third-order valence-corrected chi connectivity index (χ3v) is 5.47. The number of hydrogen-bond acceptors (Lipinski definition) is 2. The maximum absolute atomic E-state index is 13.8. The molecule has 4 rings (SSSR count). The van der Waals surface area contributed by atoms with Crippen LogP contribution in [-0.2, 0) is 23.6 Å². The highest BCUT2D eigenvalue weighted by molar-refractivity contribution is 5.88. The summed E-state index contributed by atoms with van der Waals surface area (Å²) in [5, 5.41) is 6.10. The maximum atomic E-state index is 13.8. The van der Waals surface area contributed by atoms with Crippen LogP contribution in [0.2, 0.25) is 0 Å². The largest absolute Gasteiger partial charge is 0.416 e. The molecule has 4 nitrogen and oxygen atoms in total. The minimum absolute atomic E-state index is 0.114. The average Bonchev–Trinajstić information content (AvgIpc) is 3.09. The summed E-state index contributed by atoms with van der Waals surface area (Å²) in [7, 11) is 1.41. The highest BCUT2D eigenvalue weighted by Crippen LogP contribution is 2.43. The molecule has 1 aliphatic rings. The second-order valence-corrected chi connectivity index (χ2v) is 7.33. The predicted octanol–water partition coefficient (Wildman–Crippen LogP) is 4.56. The molecule has 10 heteroatoms. The Labute approximate surface area is 172 Å². The Morgan fingerprint density at radius 3 is 2.39 bits per heavy atom. The van der Waals surface area contributed by atoms with Crippen molar-refractivity contribution >= 4 is 16.8 Å². The molecule has 0 saturated heterocycles. The summed E-state index contributed by atoms with van der Waals surface area (Å²) in [6, 6.07) is 6.60. The van der Waals surface area contributed by atoms with Gasteiger partial charge in [0.05, 0.1) is 23.2 Å². The number of H-pyrrole nitrogens is 1. The first-order valence-electron chi connectivity index (χ1n) is 9.36. The van der Waals surface area contributed by atoms with Gasteiger partial charge in [0.15, 0.2) is 0 Å². The van der Waals surface area contributed by atoms with E-state index in [1.165, 1.54) is 7.05 Å². The number of hydrogen-bond donors (Lipinski definition) is 3. The maximum Gasteiger partial charge on any atom is 0.416 e. The van der Waals surface area contributed by atoms with Gasteiger partial charge >= 0.3 is 12.4 Å². The van der Waals surface area contributed by atoms with Gasteiger partial charge in [-0.2, -0.15) is 26.3 Å². The van der Waals surface area contributed by atoms with Crippen LogP contribution in [0.1, 0.15) is 34.0 Å². The van der Waals surface area contributed by atoms with E-state index in [-0.39, 0.29) is 18.1 Å². The highest BCUT2D eigenvalue weighted by Gasteiger charge is 2.42. The molecule has 2 aromatic carbocycles. The molecule has 0 unspecified atom stereocenters. The van der Waals surface area contributed by atoms with Gasteiger partial charge in [0.1, 0.15) is 0 Å². The van der Waals surface area contributed by atoms with E-state index in [9.17, 15) is 31.1 Å². The summed E-state index contributed by atoms with van der Waals surface area (Å²) in [6.45, 7) is 0. The molecule has 0 spiro atoms. The number of fused-ring (bicyclic) bond motifs is 3. The Bertz CT molecular complexity index is 1150. The van der Waals surface area contributed by atoms with Crippen LogP contribution in [-0.4, -0.2) is 24.0 Å². The van der Waals surface area contributed by atoms with Crippen molar-refractivity contribution in [3.05, 3.63) is 70.4 Å². The van der Waals surface area contributed by atoms with Gasteiger partial charge in [-0.15, -0.1) is 0 Å². The molecular formula is C21H17F6N3O. The van der Waals surface area contributed by atoms with Gasteiger partial charge in [-0.1, -0.05) is 24.3 Å². The number of para-hydroxylation sites is 1. The molecular weight excluding hydrogens is 424 g/mol. The molecule has 0 aliphatic carbocycles. The lowest BCUT2D eigenvalue weighted by atomic mass is 9.87. The molecule has 164 valence electrons. The molecule has 2 heterocycles. The van der Waals surface area contributed by atoms with Crippen LogP contribution < -0.4 is 10.6 Å². The third-order valence-electron chi connectivity index (χ3n) is 5.47. The Morgan fingerprint density at radius 2 is 1.74 bits per heavy atom. The van der Waals surface area contributed by atoms with E-state index in [2.05, 4.69) is 15.6 Å². The van der Waals surface area contributed by atoms with Crippen LogP contribution in [0.4, 0.5) is 26.3 Å². The van der Waals surface area contributed by atoms with E-state index in [1.807, 2.05) is 0 Å². The molecule has 2 atom stereocenters. The lowest BCUT2D eigenvalue weighted by Crippen LogP contribution is -2.49. The van der Waals surface area contributed by atoms with Crippen molar-refractivity contribution in [3.8, 4) is 0 Å². The van der Waals surface area contributed by atoms with Gasteiger partial charge in [-0.25, -0.2) is 0 Å². The Hall–Kier alpha value is -3.01. The number of amides is 1. The Kier molecular flexibility index (Phi) is 5.00. The fraction of sp³-hybridized carbons (Fsp3) is 0.286. The lowest BCUT2D eigenvalue weighted by Gasteiger charge is -2.32. The Balaban J connectivity index is 1.94. The number of benzene rings is 2. The van der Waals surface area contributed by atoms with Crippen molar-refractivity contribution in [2.24, 2.45) is 0 Å². The molecule has 3 N–H and O–H groups in total. The van der Waals surface area contributed by atoms with E-state index in [4.69, 9.17) is 0 Å². The van der Waals surface area contributed by atoms with E-state index in [0.717, 1.165) is 11.5 Å². The minimum Gasteiger partial charge on any atom is -0.358 e. The molecule has 0 fully saturated rings. The summed E-state index contributed by atoms with van der Waals surface area (Å²) in [4.78, 5) is 15.4. The molecule has 0 saturated carbocycles. The zero-order valence-corrected chi connectivity index (χ0v) is 16.1. The SMILES string of the molecule is CNC(=O)[C@@H]1Cc2c([nH]c3ccccc23)[C@@H](c2ccc(C(F)(F)F)cc2C(F)(F)F)N1. The van der Waals surface area contributed by atoms with Crippen LogP contribution in [0.3, 0.4) is 0 Å². The third kappa shape index (κ3) is 3.76. The first-order chi connectivity index (χ1) is 14.5. The summed E-state index contributed by atoms with van der Waals surface area (Å²) in [5.74, 6) is -0.429. The molecule has 1 amide bonds. The number of alkyl halides is 6. The average molecular weight is 441 g/mol. The number of aromatic nitrogens is 1. The van der Waals surface area contributed by atoms with Crippen LogP contribution in [0.15, 0.2) is 42.5 Å². The molecule has 0 radical (unpaired) electrons. The van der Waals surface area contributed by atoms with Gasteiger partial charge in [-0.3, -0.25) is 10.1 Å². The van der Waals surface area contributed by atoms with Crippen LogP contribution in [0, 0.1) is 0 Å². The van der Waals surface area contributed by atoms with Crippen molar-refractivity contribution in [1.29, 1.82) is 0 Å². The van der Waals surface area contributed by atoms with Gasteiger partial charge < -0.3 is 10.3 Å². The van der Waals surface area contributed by atoms with Gasteiger partial charge in [0.25, 0.3) is 0 Å². The quantitative estimate of drug-likeness (QED) is 0.511. The zero-order valence-electron chi connectivity index (χ0n) is 16.1. The van der Waals surface area contributed by atoms with Gasteiger partial charge in [-0.05, 0) is 35.7 Å². The van der Waals surface area contributed by atoms with Crippen LogP contribution in [0.5, 0.6) is 0 Å². The zero-order chi connectivity index (χ0) is 22.6. The number of halogens is 6. The van der Waals surface area contributed by atoms with Gasteiger partial charge in [0, 0.05) is 23.6 Å². The van der Waals surface area contributed by atoms with E-state index >= 15 is 0 Å². The normalized spacial score (nSPS) is 19.3. The smallest absolute Gasteiger partial charge is 0.358 e. The monoisotopic (exact) mass is 441 g/mol. The number of carbonyl (C=O) groups is 1. The number of likely N-dealkylation sites (N-methyl/N-ethyl adjacent to an activating group) is 1. The van der Waals surface area contributed by atoms with Crippen molar-refractivity contribution in [1.82, 2.24) is 15.6 Å². The molecule has 3 aromatic rings. The molecule has 31 heavy (non-hydrogen) atoms. The number of rotatable bonds is 2. The standard InChI is InChI=1S/C21H17F6N3O/c1-28-19(31)16-9-13-11-4-2-3-5-15(11)29-18(13)17(30-16)12-7-6-10(20(22,23)24)8-14(12)21(25,26)27/h2-8,16-17,29-30H,9H2,1H3,(H,28,31)/t16-,17+/m0/s1. The van der Waals surface area contributed by atoms with E-state index in [1.54, 1.807) is 24.3 Å². The first kappa shape index (κ1) is 21.2. The number of aromatic amines is 1. The minimum atomic E-state index is -5.02. The van der Waals surface area contributed by atoms with Crippen LogP contribution >= 0.6 is 0 Å². The lowest BCUT2D eigenvalue weighted by molar-refractivity contribution is -0.143. The summed E-state index contributed by atoms with van der Waals surface area (Å²) >= 11 is 0. The fourth-order valence-electron chi connectivity index (χ4n) is 4.05. The van der Waals surface area contributed by atoms with Crippen molar-refractivity contribution < 1.29 is 31.1 Å². The van der Waals surface area contributed by atoms with E-state index in [0.29, 0.717) is 22.8 Å².